The highest BCUT2D eigenvalue weighted by Crippen LogP contribution is 2.19. The Kier molecular flexibility index (Phi) is 12.0. The second-order valence-electron chi connectivity index (χ2n) is 11.1. The summed E-state index contributed by atoms with van der Waals surface area (Å²) in [7, 11) is 0. The summed E-state index contributed by atoms with van der Waals surface area (Å²) in [6.07, 6.45) is 1.95. The van der Waals surface area contributed by atoms with Crippen molar-refractivity contribution in [3.05, 3.63) is 89.8 Å². The minimum Gasteiger partial charge on any atom is -0.382 e. The van der Waals surface area contributed by atoms with E-state index in [0.717, 1.165) is 34.9 Å². The number of halogens is 2. The maximum atomic E-state index is 13.8. The minimum atomic E-state index is -1.48. The van der Waals surface area contributed by atoms with E-state index in [9.17, 15) is 23.5 Å². The lowest BCUT2D eigenvalue weighted by molar-refractivity contribution is -0.131. The average molecular weight is 584 g/mol. The summed E-state index contributed by atoms with van der Waals surface area (Å²) >= 11 is 0. The van der Waals surface area contributed by atoms with Gasteiger partial charge < -0.3 is 31.9 Å². The van der Waals surface area contributed by atoms with E-state index in [1.54, 1.807) is 12.4 Å². The summed E-state index contributed by atoms with van der Waals surface area (Å²) in [5.41, 5.74) is 14.4. The first-order chi connectivity index (χ1) is 19.9. The third-order valence-electron chi connectivity index (χ3n) is 6.64. The zero-order chi connectivity index (χ0) is 30.7. The van der Waals surface area contributed by atoms with Crippen LogP contribution in [0.1, 0.15) is 31.4 Å². The number of nitrogens with two attached hydrogens (primary N) is 2. The van der Waals surface area contributed by atoms with Crippen molar-refractivity contribution in [2.45, 2.75) is 51.5 Å². The highest BCUT2D eigenvalue weighted by molar-refractivity contribution is 5.81. The van der Waals surface area contributed by atoms with Gasteiger partial charge in [0.1, 0.15) is 17.7 Å². The van der Waals surface area contributed by atoms with Crippen LogP contribution < -0.4 is 22.1 Å². The predicted octanol–water partition coefficient (Wildman–Crippen LogP) is 2.45. The molecule has 3 unspecified atom stereocenters. The molecule has 42 heavy (non-hydrogen) atoms. The molecule has 3 aromatic rings. The molecule has 11 heteroatoms. The fourth-order valence-corrected chi connectivity index (χ4v) is 4.12. The van der Waals surface area contributed by atoms with Crippen LogP contribution in [-0.2, 0) is 27.4 Å². The summed E-state index contributed by atoms with van der Waals surface area (Å²) in [6.45, 7) is 4.24. The Morgan fingerprint density at radius 1 is 1.02 bits per heavy atom. The van der Waals surface area contributed by atoms with E-state index in [1.165, 1.54) is 0 Å². The molecule has 0 spiro atoms. The Balaban J connectivity index is 1.34. The maximum Gasteiger partial charge on any atom is 0.250 e. The van der Waals surface area contributed by atoms with Crippen molar-refractivity contribution in [1.82, 2.24) is 15.6 Å². The number of rotatable bonds is 15. The van der Waals surface area contributed by atoms with Crippen LogP contribution in [0.3, 0.4) is 0 Å². The molecular formula is C31H39F2N5O4. The van der Waals surface area contributed by atoms with Gasteiger partial charge in [0.05, 0.1) is 19.3 Å². The number of aromatic nitrogens is 1. The van der Waals surface area contributed by atoms with Crippen molar-refractivity contribution in [1.29, 1.82) is 0 Å². The Bertz CT molecular complexity index is 1310. The smallest absolute Gasteiger partial charge is 0.250 e. The van der Waals surface area contributed by atoms with E-state index in [-0.39, 0.29) is 50.6 Å². The van der Waals surface area contributed by atoms with Crippen LogP contribution >= 0.6 is 0 Å². The number of ether oxygens (including phenoxy) is 1. The summed E-state index contributed by atoms with van der Waals surface area (Å²) in [6, 6.07) is 13.1. The number of amides is 2. The van der Waals surface area contributed by atoms with Crippen LogP contribution in [0.2, 0.25) is 0 Å². The molecule has 0 aliphatic carbocycles. The number of hydrogen-bond donors (Lipinski definition) is 5. The maximum absolute atomic E-state index is 13.8. The highest BCUT2D eigenvalue weighted by atomic mass is 19.1. The SMILES string of the molecule is CC(C)(CNC(=O)CC(N)Cc1cc(F)ccc1F)CNC(=O)C(O)C(N)COCc1ccc(-c2cccnc2)cc1. The Hall–Kier alpha value is -3.77. The number of pyridine rings is 1. The first kappa shape index (κ1) is 32.7. The Labute approximate surface area is 244 Å². The van der Waals surface area contributed by atoms with E-state index in [4.69, 9.17) is 16.2 Å². The topological polar surface area (TPSA) is 153 Å². The minimum absolute atomic E-state index is 0.0107. The lowest BCUT2D eigenvalue weighted by Crippen LogP contribution is -2.51. The van der Waals surface area contributed by atoms with Gasteiger partial charge >= 0.3 is 0 Å². The van der Waals surface area contributed by atoms with Crippen molar-refractivity contribution in [2.24, 2.45) is 16.9 Å². The Morgan fingerprint density at radius 2 is 1.74 bits per heavy atom. The van der Waals surface area contributed by atoms with Crippen LogP contribution in [0.15, 0.2) is 67.0 Å². The summed E-state index contributed by atoms with van der Waals surface area (Å²) in [4.78, 5) is 28.9. The van der Waals surface area contributed by atoms with Crippen LogP contribution in [-0.4, -0.2) is 59.8 Å². The summed E-state index contributed by atoms with van der Waals surface area (Å²) in [5.74, 6) is -2.16. The molecule has 3 atom stereocenters. The third kappa shape index (κ3) is 10.6. The molecule has 1 heterocycles. The zero-order valence-electron chi connectivity index (χ0n) is 23.9. The monoisotopic (exact) mass is 583 g/mol. The average Bonchev–Trinajstić information content (AvgIpc) is 2.97. The highest BCUT2D eigenvalue weighted by Gasteiger charge is 2.26. The van der Waals surface area contributed by atoms with Gasteiger partial charge in [-0.2, -0.15) is 0 Å². The number of carbonyl (C=O) groups excluding carboxylic acids is 2. The van der Waals surface area contributed by atoms with Gasteiger partial charge in [0, 0.05) is 37.9 Å². The van der Waals surface area contributed by atoms with Gasteiger partial charge in [-0.1, -0.05) is 44.2 Å². The van der Waals surface area contributed by atoms with Crippen LogP contribution in [0.25, 0.3) is 11.1 Å². The molecule has 0 aliphatic heterocycles. The van der Waals surface area contributed by atoms with Crippen molar-refractivity contribution in [3.8, 4) is 11.1 Å². The van der Waals surface area contributed by atoms with E-state index in [0.29, 0.717) is 0 Å². The molecule has 0 bridgehead atoms. The second kappa shape index (κ2) is 15.5. The fraction of sp³-hybridized carbons (Fsp3) is 0.387. The normalized spacial score (nSPS) is 13.7. The zero-order valence-corrected chi connectivity index (χ0v) is 23.9. The van der Waals surface area contributed by atoms with Crippen molar-refractivity contribution in [3.63, 3.8) is 0 Å². The number of nitrogens with one attached hydrogen (secondary N) is 2. The van der Waals surface area contributed by atoms with Crippen molar-refractivity contribution in [2.75, 3.05) is 19.7 Å². The molecule has 0 fully saturated rings. The molecule has 7 N–H and O–H groups in total. The summed E-state index contributed by atoms with van der Waals surface area (Å²) in [5, 5.41) is 15.8. The van der Waals surface area contributed by atoms with Gasteiger partial charge in [-0.3, -0.25) is 14.6 Å². The first-order valence-corrected chi connectivity index (χ1v) is 13.7. The summed E-state index contributed by atoms with van der Waals surface area (Å²) < 4.78 is 32.8. The molecule has 0 aliphatic rings. The van der Waals surface area contributed by atoms with Gasteiger partial charge in [-0.05, 0) is 58.4 Å². The van der Waals surface area contributed by atoms with Crippen LogP contribution in [0.4, 0.5) is 8.78 Å². The van der Waals surface area contributed by atoms with Crippen molar-refractivity contribution >= 4 is 11.8 Å². The van der Waals surface area contributed by atoms with Gasteiger partial charge in [0.15, 0.2) is 0 Å². The quantitative estimate of drug-likeness (QED) is 0.184. The third-order valence-corrected chi connectivity index (χ3v) is 6.64. The lowest BCUT2D eigenvalue weighted by Gasteiger charge is -2.27. The molecule has 226 valence electrons. The molecular weight excluding hydrogens is 544 g/mol. The van der Waals surface area contributed by atoms with Crippen LogP contribution in [0, 0.1) is 17.0 Å². The molecule has 0 saturated heterocycles. The van der Waals surface area contributed by atoms with E-state index < -0.39 is 41.1 Å². The van der Waals surface area contributed by atoms with E-state index in [2.05, 4.69) is 15.6 Å². The number of benzene rings is 2. The van der Waals surface area contributed by atoms with E-state index in [1.807, 2.05) is 50.2 Å². The predicted molar refractivity (Wildman–Crippen MR) is 156 cm³/mol. The standard InChI is InChI=1S/C31H39F2N5O4/c1-31(2,18-37-28(39)14-25(34)13-23-12-24(32)9-10-26(23)33)19-38-30(41)29(40)27(35)17-42-16-20-5-7-21(8-6-20)22-4-3-11-36-15-22/h3-12,15,25,27,29,40H,13-14,16-19,34-35H2,1-2H3,(H,37,39)(H,38,41). The molecule has 9 nitrogen and oxygen atoms in total. The second-order valence-corrected chi connectivity index (χ2v) is 11.1. The Morgan fingerprint density at radius 3 is 2.43 bits per heavy atom. The number of aliphatic hydroxyl groups excluding tert-OH is 1. The number of nitrogens with zero attached hydrogens (tertiary/aromatic N) is 1. The number of carbonyl (C=O) groups is 2. The fourth-order valence-electron chi connectivity index (χ4n) is 4.12. The largest absolute Gasteiger partial charge is 0.382 e. The lowest BCUT2D eigenvalue weighted by atomic mass is 9.93. The molecule has 2 amide bonds. The van der Waals surface area contributed by atoms with Gasteiger partial charge in [0.25, 0.3) is 5.91 Å². The van der Waals surface area contributed by atoms with Gasteiger partial charge in [-0.25, -0.2) is 8.78 Å². The van der Waals surface area contributed by atoms with Gasteiger partial charge in [-0.15, -0.1) is 0 Å². The first-order valence-electron chi connectivity index (χ1n) is 13.7. The molecule has 0 radical (unpaired) electrons. The van der Waals surface area contributed by atoms with E-state index >= 15 is 0 Å². The molecule has 0 saturated carbocycles. The van der Waals surface area contributed by atoms with Crippen molar-refractivity contribution < 1.29 is 28.2 Å². The number of aliphatic hydroxyl groups is 1. The molecule has 1 aromatic heterocycles. The molecule has 2 aromatic carbocycles. The van der Waals surface area contributed by atoms with Gasteiger partial charge in [0.2, 0.25) is 5.91 Å². The molecule has 3 rings (SSSR count). The number of hydrogen-bond acceptors (Lipinski definition) is 7. The van der Waals surface area contributed by atoms with Crippen LogP contribution in [0.5, 0.6) is 0 Å².